The Kier molecular flexibility index (Phi) is 4.80. The van der Waals surface area contributed by atoms with Gasteiger partial charge in [0.1, 0.15) is 17.7 Å². The number of hydrogen-bond donors (Lipinski definition) is 2. The number of aliphatic hydroxyl groups is 1. The first kappa shape index (κ1) is 16.7. The summed E-state index contributed by atoms with van der Waals surface area (Å²) in [5.74, 6) is -2.07. The zero-order valence-electron chi connectivity index (χ0n) is 12.8. The molecule has 0 aliphatic carbocycles. The second-order valence-electron chi connectivity index (χ2n) is 5.18. The van der Waals surface area contributed by atoms with Gasteiger partial charge in [0.15, 0.2) is 11.5 Å². The highest BCUT2D eigenvalue weighted by atomic mass is 19.1. The number of halogens is 2. The van der Waals surface area contributed by atoms with Crippen LogP contribution in [0.2, 0.25) is 0 Å². The van der Waals surface area contributed by atoms with Crippen molar-refractivity contribution in [3.8, 4) is 11.3 Å². The van der Waals surface area contributed by atoms with Gasteiger partial charge in [-0.25, -0.2) is 8.78 Å². The number of amides is 1. The molecule has 1 atom stereocenters. The van der Waals surface area contributed by atoms with Crippen LogP contribution in [-0.2, 0) is 0 Å². The number of aromatic nitrogens is 2. The van der Waals surface area contributed by atoms with Crippen LogP contribution in [0.4, 0.5) is 8.78 Å². The number of pyridine rings is 1. The molecule has 0 spiro atoms. The summed E-state index contributed by atoms with van der Waals surface area (Å²) in [6.45, 7) is -0.383. The van der Waals surface area contributed by atoms with Crippen LogP contribution in [0.15, 0.2) is 53.3 Å². The third kappa shape index (κ3) is 3.69. The Morgan fingerprint density at radius 3 is 2.68 bits per heavy atom. The van der Waals surface area contributed by atoms with E-state index in [1.165, 1.54) is 12.1 Å². The van der Waals surface area contributed by atoms with Gasteiger partial charge in [-0.3, -0.25) is 9.78 Å². The van der Waals surface area contributed by atoms with Crippen molar-refractivity contribution in [1.29, 1.82) is 0 Å². The summed E-state index contributed by atoms with van der Waals surface area (Å²) < 4.78 is 32.3. The van der Waals surface area contributed by atoms with E-state index in [2.05, 4.69) is 15.5 Å². The van der Waals surface area contributed by atoms with Gasteiger partial charge in [0, 0.05) is 30.6 Å². The molecule has 1 unspecified atom stereocenters. The molecular formula is C17H13F2N3O3. The average molecular weight is 345 g/mol. The van der Waals surface area contributed by atoms with E-state index in [-0.39, 0.29) is 12.2 Å². The predicted molar refractivity (Wildman–Crippen MR) is 83.4 cm³/mol. The lowest BCUT2D eigenvalue weighted by atomic mass is 10.1. The lowest BCUT2D eigenvalue weighted by Gasteiger charge is -2.13. The highest BCUT2D eigenvalue weighted by Crippen LogP contribution is 2.21. The number of benzene rings is 1. The molecule has 3 rings (SSSR count). The smallest absolute Gasteiger partial charge is 0.273 e. The zero-order valence-corrected chi connectivity index (χ0v) is 12.8. The summed E-state index contributed by atoms with van der Waals surface area (Å²) in [5, 5.41) is 15.9. The van der Waals surface area contributed by atoms with Crippen molar-refractivity contribution >= 4 is 5.91 Å². The second-order valence-corrected chi connectivity index (χ2v) is 5.18. The van der Waals surface area contributed by atoms with Crippen LogP contribution in [0.1, 0.15) is 22.2 Å². The number of rotatable bonds is 5. The summed E-state index contributed by atoms with van der Waals surface area (Å²) in [6.07, 6.45) is 1.61. The van der Waals surface area contributed by atoms with Gasteiger partial charge in [0.05, 0.1) is 5.56 Å². The van der Waals surface area contributed by atoms with Crippen LogP contribution in [-0.4, -0.2) is 27.7 Å². The third-order valence-corrected chi connectivity index (χ3v) is 3.48. The Morgan fingerprint density at radius 1 is 1.24 bits per heavy atom. The summed E-state index contributed by atoms with van der Waals surface area (Å²) in [4.78, 5) is 16.0. The molecule has 0 saturated carbocycles. The van der Waals surface area contributed by atoms with Gasteiger partial charge in [0.2, 0.25) is 0 Å². The van der Waals surface area contributed by atoms with Gasteiger partial charge in [-0.05, 0) is 24.3 Å². The number of carbonyl (C=O) groups excluding carboxylic acids is 1. The van der Waals surface area contributed by atoms with Crippen molar-refractivity contribution in [3.63, 3.8) is 0 Å². The minimum absolute atomic E-state index is 0.0277. The minimum atomic E-state index is -1.53. The SMILES string of the molecule is O=C(NCC(O)c1c(F)cccc1F)c1cc(-c2cccnc2)on1. The lowest BCUT2D eigenvalue weighted by Crippen LogP contribution is -2.29. The topological polar surface area (TPSA) is 88.2 Å². The van der Waals surface area contributed by atoms with E-state index < -0.39 is 29.2 Å². The Hall–Kier alpha value is -3.13. The fourth-order valence-corrected chi connectivity index (χ4v) is 2.24. The summed E-state index contributed by atoms with van der Waals surface area (Å²) >= 11 is 0. The lowest BCUT2D eigenvalue weighted by molar-refractivity contribution is 0.0902. The summed E-state index contributed by atoms with van der Waals surface area (Å²) in [5.41, 5.74) is 0.113. The van der Waals surface area contributed by atoms with E-state index in [0.717, 1.165) is 12.1 Å². The highest BCUT2D eigenvalue weighted by molar-refractivity contribution is 5.93. The molecule has 2 heterocycles. The predicted octanol–water partition coefficient (Wildman–Crippen LogP) is 2.48. The molecule has 0 radical (unpaired) electrons. The molecule has 8 heteroatoms. The molecule has 1 aromatic carbocycles. The van der Waals surface area contributed by atoms with Crippen LogP contribution in [0, 0.1) is 11.6 Å². The Labute approximate surface area is 141 Å². The maximum atomic E-state index is 13.6. The van der Waals surface area contributed by atoms with E-state index in [4.69, 9.17) is 4.52 Å². The van der Waals surface area contributed by atoms with Crippen LogP contribution in [0.3, 0.4) is 0 Å². The van der Waals surface area contributed by atoms with E-state index in [1.807, 2.05) is 0 Å². The maximum absolute atomic E-state index is 13.6. The Bertz CT molecular complexity index is 864. The third-order valence-electron chi connectivity index (χ3n) is 3.48. The fourth-order valence-electron chi connectivity index (χ4n) is 2.24. The number of aliphatic hydroxyl groups excluding tert-OH is 1. The van der Waals surface area contributed by atoms with Gasteiger partial charge < -0.3 is 14.9 Å². The standard InChI is InChI=1S/C17H13F2N3O3/c18-11-4-1-5-12(19)16(11)14(23)9-21-17(24)13-7-15(25-22-13)10-3-2-6-20-8-10/h1-8,14,23H,9H2,(H,21,24). The number of hydrogen-bond acceptors (Lipinski definition) is 5. The van der Waals surface area contributed by atoms with E-state index >= 15 is 0 Å². The quantitative estimate of drug-likeness (QED) is 0.742. The monoisotopic (exact) mass is 345 g/mol. The van der Waals surface area contributed by atoms with Crippen LogP contribution < -0.4 is 5.32 Å². The first-order chi connectivity index (χ1) is 12.1. The molecule has 128 valence electrons. The summed E-state index contributed by atoms with van der Waals surface area (Å²) in [6, 6.07) is 8.09. The van der Waals surface area contributed by atoms with Crippen LogP contribution in [0.5, 0.6) is 0 Å². The Balaban J connectivity index is 1.66. The largest absolute Gasteiger partial charge is 0.386 e. The zero-order chi connectivity index (χ0) is 17.8. The molecular weight excluding hydrogens is 332 g/mol. The number of nitrogens with zero attached hydrogens (tertiary/aromatic N) is 2. The van der Waals surface area contributed by atoms with Gasteiger partial charge in [-0.1, -0.05) is 11.2 Å². The molecule has 0 aliphatic heterocycles. The van der Waals surface area contributed by atoms with Gasteiger partial charge >= 0.3 is 0 Å². The first-order valence-corrected chi connectivity index (χ1v) is 7.33. The maximum Gasteiger partial charge on any atom is 0.273 e. The van der Waals surface area contributed by atoms with Crippen LogP contribution in [0.25, 0.3) is 11.3 Å². The van der Waals surface area contributed by atoms with Crippen molar-refractivity contribution in [2.45, 2.75) is 6.10 Å². The molecule has 0 bridgehead atoms. The molecule has 0 saturated heterocycles. The molecule has 1 amide bonds. The molecule has 3 aromatic rings. The second kappa shape index (κ2) is 7.18. The van der Waals surface area contributed by atoms with Gasteiger partial charge in [-0.15, -0.1) is 0 Å². The molecule has 0 fully saturated rings. The highest BCUT2D eigenvalue weighted by Gasteiger charge is 2.20. The minimum Gasteiger partial charge on any atom is -0.386 e. The molecule has 2 N–H and O–H groups in total. The first-order valence-electron chi connectivity index (χ1n) is 7.33. The van der Waals surface area contributed by atoms with Crippen molar-refractivity contribution in [2.24, 2.45) is 0 Å². The number of nitrogens with one attached hydrogen (secondary N) is 1. The van der Waals surface area contributed by atoms with Gasteiger partial charge in [-0.2, -0.15) is 0 Å². The molecule has 25 heavy (non-hydrogen) atoms. The van der Waals surface area contributed by atoms with E-state index in [1.54, 1.807) is 24.5 Å². The van der Waals surface area contributed by atoms with E-state index in [9.17, 15) is 18.7 Å². The van der Waals surface area contributed by atoms with Crippen molar-refractivity contribution in [2.75, 3.05) is 6.54 Å². The number of carbonyl (C=O) groups is 1. The fraction of sp³-hybridized carbons (Fsp3) is 0.118. The summed E-state index contributed by atoms with van der Waals surface area (Å²) in [7, 11) is 0. The van der Waals surface area contributed by atoms with Crippen molar-refractivity contribution in [3.05, 3.63) is 71.7 Å². The average Bonchev–Trinajstić information content (AvgIpc) is 3.10. The van der Waals surface area contributed by atoms with Crippen molar-refractivity contribution < 1.29 is 23.2 Å². The van der Waals surface area contributed by atoms with Crippen molar-refractivity contribution in [1.82, 2.24) is 15.5 Å². The Morgan fingerprint density at radius 2 is 2.00 bits per heavy atom. The van der Waals surface area contributed by atoms with Crippen LogP contribution >= 0.6 is 0 Å². The molecule has 0 aliphatic rings. The molecule has 2 aromatic heterocycles. The van der Waals surface area contributed by atoms with Gasteiger partial charge in [0.25, 0.3) is 5.91 Å². The normalized spacial score (nSPS) is 12.0. The molecule has 6 nitrogen and oxygen atoms in total. The van der Waals surface area contributed by atoms with E-state index in [0.29, 0.717) is 11.3 Å².